The molecule has 0 saturated heterocycles. The smallest absolute Gasteiger partial charge is 0.00623 e. The summed E-state index contributed by atoms with van der Waals surface area (Å²) >= 11 is 0. The minimum Gasteiger partial charge on any atom is -0.0847 e. The summed E-state index contributed by atoms with van der Waals surface area (Å²) in [6.45, 7) is 9.58. The van der Waals surface area contributed by atoms with Crippen molar-refractivity contribution in [3.05, 3.63) is 11.6 Å². The second-order valence-electron chi connectivity index (χ2n) is 5.08. The fraction of sp³-hybridized carbons (Fsp3) is 0.818. The predicted octanol–water partition coefficient (Wildman–Crippen LogP) is 3.39. The lowest BCUT2D eigenvalue weighted by Crippen LogP contribution is -2.55. The Bertz CT molecular complexity index is 222. The van der Waals surface area contributed by atoms with Gasteiger partial charge in [-0.2, -0.15) is 0 Å². The molecule has 2 bridgehead atoms. The lowest BCUT2D eigenvalue weighted by atomic mass is 9.40. The van der Waals surface area contributed by atoms with Crippen LogP contribution in [0.5, 0.6) is 0 Å². The van der Waals surface area contributed by atoms with Gasteiger partial charge in [0.1, 0.15) is 0 Å². The Kier molecular flexibility index (Phi) is 1.16. The van der Waals surface area contributed by atoms with E-state index in [4.69, 9.17) is 0 Å². The van der Waals surface area contributed by atoms with Crippen molar-refractivity contribution in [1.29, 1.82) is 0 Å². The van der Waals surface area contributed by atoms with Crippen molar-refractivity contribution in [2.45, 2.75) is 40.5 Å². The molecule has 62 valence electrons. The Labute approximate surface area is 69.7 Å². The first-order valence-electron chi connectivity index (χ1n) is 4.66. The van der Waals surface area contributed by atoms with Gasteiger partial charge in [-0.3, -0.25) is 0 Å². The zero-order chi connectivity index (χ0) is 8.28. The first-order chi connectivity index (χ1) is 4.98. The molecule has 1 fully saturated rings. The SMILES string of the molecule is CC1=CCC2CC1(C)C2(C)C. The van der Waals surface area contributed by atoms with Crippen molar-refractivity contribution in [1.82, 2.24) is 0 Å². The van der Waals surface area contributed by atoms with Crippen LogP contribution in [0.25, 0.3) is 0 Å². The molecule has 2 atom stereocenters. The molecule has 0 aromatic rings. The summed E-state index contributed by atoms with van der Waals surface area (Å²) in [7, 11) is 0. The van der Waals surface area contributed by atoms with Crippen LogP contribution in [0, 0.1) is 16.7 Å². The number of allylic oxidation sites excluding steroid dienone is 2. The van der Waals surface area contributed by atoms with E-state index in [9.17, 15) is 0 Å². The fourth-order valence-electron chi connectivity index (χ4n) is 2.92. The molecule has 2 unspecified atom stereocenters. The molecule has 0 amide bonds. The van der Waals surface area contributed by atoms with E-state index >= 15 is 0 Å². The molecule has 3 rings (SSSR count). The van der Waals surface area contributed by atoms with Gasteiger partial charge in [0.15, 0.2) is 0 Å². The lowest BCUT2D eigenvalue weighted by Gasteiger charge is -2.64. The van der Waals surface area contributed by atoms with Gasteiger partial charge in [0.05, 0.1) is 0 Å². The molecule has 0 nitrogen and oxygen atoms in total. The molecule has 0 aliphatic heterocycles. The number of hydrogen-bond donors (Lipinski definition) is 0. The average molecular weight is 150 g/mol. The first kappa shape index (κ1) is 7.39. The number of hydrogen-bond acceptors (Lipinski definition) is 0. The molecule has 3 aliphatic rings. The van der Waals surface area contributed by atoms with E-state index in [1.165, 1.54) is 12.8 Å². The maximum absolute atomic E-state index is 2.44. The highest BCUT2D eigenvalue weighted by molar-refractivity contribution is 5.28. The number of rotatable bonds is 0. The van der Waals surface area contributed by atoms with E-state index in [1.807, 2.05) is 0 Å². The van der Waals surface area contributed by atoms with Gasteiger partial charge in [0, 0.05) is 0 Å². The monoisotopic (exact) mass is 150 g/mol. The van der Waals surface area contributed by atoms with Gasteiger partial charge in [-0.1, -0.05) is 32.4 Å². The van der Waals surface area contributed by atoms with Crippen LogP contribution < -0.4 is 0 Å². The van der Waals surface area contributed by atoms with Crippen molar-refractivity contribution in [2.75, 3.05) is 0 Å². The summed E-state index contributed by atoms with van der Waals surface area (Å²) in [6.07, 6.45) is 5.20. The van der Waals surface area contributed by atoms with Crippen molar-refractivity contribution in [3.8, 4) is 0 Å². The van der Waals surface area contributed by atoms with Crippen LogP contribution in [0.1, 0.15) is 40.5 Å². The molecule has 0 spiro atoms. The Morgan fingerprint density at radius 2 is 2.00 bits per heavy atom. The van der Waals surface area contributed by atoms with E-state index in [0.717, 1.165) is 5.92 Å². The van der Waals surface area contributed by atoms with Crippen LogP contribution in [0.15, 0.2) is 11.6 Å². The minimum atomic E-state index is 0.538. The summed E-state index contributed by atoms with van der Waals surface area (Å²) in [5.41, 5.74) is 2.74. The van der Waals surface area contributed by atoms with Gasteiger partial charge in [-0.05, 0) is 36.5 Å². The Morgan fingerprint density at radius 1 is 1.36 bits per heavy atom. The zero-order valence-corrected chi connectivity index (χ0v) is 8.07. The van der Waals surface area contributed by atoms with E-state index in [1.54, 1.807) is 5.57 Å². The van der Waals surface area contributed by atoms with Crippen molar-refractivity contribution in [2.24, 2.45) is 16.7 Å². The predicted molar refractivity (Wildman–Crippen MR) is 48.4 cm³/mol. The van der Waals surface area contributed by atoms with Crippen LogP contribution in [0.4, 0.5) is 0 Å². The molecule has 11 heavy (non-hydrogen) atoms. The normalized spacial score (nSPS) is 46.2. The van der Waals surface area contributed by atoms with E-state index in [0.29, 0.717) is 10.8 Å². The van der Waals surface area contributed by atoms with Gasteiger partial charge in [0.25, 0.3) is 0 Å². The standard InChI is InChI=1S/C11H18/c1-8-5-6-9-7-11(8,4)10(9,2)3/h5,9H,6-7H2,1-4H3. The van der Waals surface area contributed by atoms with Gasteiger partial charge >= 0.3 is 0 Å². The molecule has 1 saturated carbocycles. The van der Waals surface area contributed by atoms with Crippen LogP contribution in [0.2, 0.25) is 0 Å². The van der Waals surface area contributed by atoms with E-state index < -0.39 is 0 Å². The maximum Gasteiger partial charge on any atom is -0.00623 e. The molecule has 0 N–H and O–H groups in total. The summed E-state index contributed by atoms with van der Waals surface area (Å²) in [4.78, 5) is 0. The molecular weight excluding hydrogens is 132 g/mol. The summed E-state index contributed by atoms with van der Waals surface area (Å²) in [5.74, 6) is 0.969. The third-order valence-corrected chi connectivity index (χ3v) is 4.68. The highest BCUT2D eigenvalue weighted by Crippen LogP contribution is 2.67. The molecule has 0 radical (unpaired) electrons. The molecule has 0 heterocycles. The molecule has 0 heteroatoms. The van der Waals surface area contributed by atoms with Crippen LogP contribution >= 0.6 is 0 Å². The summed E-state index contributed by atoms with van der Waals surface area (Å²) in [5, 5.41) is 0. The van der Waals surface area contributed by atoms with Crippen LogP contribution in [0.3, 0.4) is 0 Å². The van der Waals surface area contributed by atoms with Crippen LogP contribution in [-0.2, 0) is 0 Å². The fourth-order valence-corrected chi connectivity index (χ4v) is 2.92. The van der Waals surface area contributed by atoms with Crippen LogP contribution in [-0.4, -0.2) is 0 Å². The third-order valence-electron chi connectivity index (χ3n) is 4.68. The Balaban J connectivity index is 2.42. The highest BCUT2D eigenvalue weighted by Gasteiger charge is 2.58. The van der Waals surface area contributed by atoms with Crippen molar-refractivity contribution in [3.63, 3.8) is 0 Å². The zero-order valence-electron chi connectivity index (χ0n) is 8.07. The van der Waals surface area contributed by atoms with Gasteiger partial charge < -0.3 is 0 Å². The van der Waals surface area contributed by atoms with Gasteiger partial charge in [-0.25, -0.2) is 0 Å². The Hall–Kier alpha value is -0.260. The summed E-state index contributed by atoms with van der Waals surface area (Å²) < 4.78 is 0. The summed E-state index contributed by atoms with van der Waals surface area (Å²) in [6, 6.07) is 0. The van der Waals surface area contributed by atoms with E-state index in [2.05, 4.69) is 33.8 Å². The van der Waals surface area contributed by atoms with E-state index in [-0.39, 0.29) is 0 Å². The highest BCUT2D eigenvalue weighted by atomic mass is 14.6. The largest absolute Gasteiger partial charge is 0.0847 e. The topological polar surface area (TPSA) is 0 Å². The second-order valence-corrected chi connectivity index (χ2v) is 5.08. The van der Waals surface area contributed by atoms with Gasteiger partial charge in [-0.15, -0.1) is 0 Å². The van der Waals surface area contributed by atoms with Crippen molar-refractivity contribution < 1.29 is 0 Å². The molecule has 0 aromatic carbocycles. The van der Waals surface area contributed by atoms with Gasteiger partial charge in [0.2, 0.25) is 0 Å². The minimum absolute atomic E-state index is 0.538. The quantitative estimate of drug-likeness (QED) is 0.464. The molecular formula is C11H18. The average Bonchev–Trinajstić information content (AvgIpc) is 1.94. The van der Waals surface area contributed by atoms with Crippen molar-refractivity contribution >= 4 is 0 Å². The molecule has 0 aromatic heterocycles. The second kappa shape index (κ2) is 1.73. The lowest BCUT2D eigenvalue weighted by molar-refractivity contribution is -0.0887. The third kappa shape index (κ3) is 0.617. The molecule has 3 aliphatic carbocycles. The first-order valence-corrected chi connectivity index (χ1v) is 4.66. The number of fused-ring (bicyclic) bond motifs is 1. The Morgan fingerprint density at radius 3 is 2.36 bits per heavy atom. The maximum atomic E-state index is 2.44.